The summed E-state index contributed by atoms with van der Waals surface area (Å²) in [6.45, 7) is 3.76. The molecule has 0 amide bonds. The summed E-state index contributed by atoms with van der Waals surface area (Å²) in [7, 11) is 0. The Morgan fingerprint density at radius 1 is 1.30 bits per heavy atom. The van der Waals surface area contributed by atoms with Crippen molar-refractivity contribution in [3.8, 4) is 17.4 Å². The number of nitrogens with zero attached hydrogens (tertiary/aromatic N) is 3. The number of imidazole rings is 2. The van der Waals surface area contributed by atoms with Crippen molar-refractivity contribution in [3.63, 3.8) is 0 Å². The van der Waals surface area contributed by atoms with Crippen molar-refractivity contribution < 1.29 is 9.84 Å². The summed E-state index contributed by atoms with van der Waals surface area (Å²) < 4.78 is 8.64. The van der Waals surface area contributed by atoms with Gasteiger partial charge >= 0.3 is 5.69 Å². The lowest BCUT2D eigenvalue weighted by Gasteiger charge is -2.09. The van der Waals surface area contributed by atoms with E-state index in [9.17, 15) is 9.90 Å². The molecule has 8 heteroatoms. The highest BCUT2D eigenvalue weighted by Gasteiger charge is 2.23. The first kappa shape index (κ1) is 13.5. The predicted octanol–water partition coefficient (Wildman–Crippen LogP) is 1.79. The molecule has 0 saturated heterocycles. The van der Waals surface area contributed by atoms with Crippen LogP contribution in [-0.4, -0.2) is 35.4 Å². The molecular formula is C15H15N5O3. The molecule has 4 aromatic rings. The number of aromatic hydroxyl groups is 1. The Hall–Kier alpha value is -3.16. The van der Waals surface area contributed by atoms with Crippen LogP contribution in [0, 0.1) is 0 Å². The molecule has 0 aliphatic carbocycles. The van der Waals surface area contributed by atoms with Crippen molar-refractivity contribution in [2.24, 2.45) is 0 Å². The second kappa shape index (κ2) is 4.67. The minimum atomic E-state index is -0.468. The van der Waals surface area contributed by atoms with Gasteiger partial charge in [0.05, 0.1) is 23.3 Å². The number of benzene rings is 1. The van der Waals surface area contributed by atoms with Crippen LogP contribution >= 0.6 is 0 Å². The number of nitrogens with one attached hydrogen (secondary N) is 2. The van der Waals surface area contributed by atoms with Crippen LogP contribution in [0.5, 0.6) is 11.8 Å². The first-order valence-electron chi connectivity index (χ1n) is 7.22. The maximum Gasteiger partial charge on any atom is 0.333 e. The van der Waals surface area contributed by atoms with Gasteiger partial charge in [-0.2, -0.15) is 0 Å². The first-order chi connectivity index (χ1) is 11.1. The van der Waals surface area contributed by atoms with E-state index in [1.807, 2.05) is 38.1 Å². The van der Waals surface area contributed by atoms with Crippen molar-refractivity contribution in [2.45, 2.75) is 20.0 Å². The molecule has 23 heavy (non-hydrogen) atoms. The number of rotatable bonds is 3. The molecule has 0 radical (unpaired) electrons. The summed E-state index contributed by atoms with van der Waals surface area (Å²) in [5.74, 6) is 0.155. The van der Waals surface area contributed by atoms with E-state index in [1.54, 1.807) is 4.52 Å². The summed E-state index contributed by atoms with van der Waals surface area (Å²) in [5, 5.41) is 13.1. The maximum atomic E-state index is 12.1. The van der Waals surface area contributed by atoms with Crippen LogP contribution in [0.1, 0.15) is 13.8 Å². The molecule has 0 unspecified atom stereocenters. The van der Waals surface area contributed by atoms with Crippen LogP contribution in [0.2, 0.25) is 0 Å². The van der Waals surface area contributed by atoms with Gasteiger partial charge in [-0.25, -0.2) is 18.9 Å². The van der Waals surface area contributed by atoms with Crippen LogP contribution in [0.15, 0.2) is 35.3 Å². The number of aromatic amines is 2. The van der Waals surface area contributed by atoms with Crippen molar-refractivity contribution in [2.75, 3.05) is 0 Å². The minimum absolute atomic E-state index is 0.111. The predicted molar refractivity (Wildman–Crippen MR) is 84.4 cm³/mol. The molecule has 0 saturated carbocycles. The zero-order valence-corrected chi connectivity index (χ0v) is 12.6. The lowest BCUT2D eigenvalue weighted by molar-refractivity contribution is 0.231. The van der Waals surface area contributed by atoms with E-state index in [4.69, 9.17) is 4.74 Å². The van der Waals surface area contributed by atoms with Gasteiger partial charge in [0.25, 0.3) is 0 Å². The van der Waals surface area contributed by atoms with E-state index >= 15 is 0 Å². The van der Waals surface area contributed by atoms with E-state index in [-0.39, 0.29) is 12.0 Å². The number of H-pyrrole nitrogens is 2. The Morgan fingerprint density at radius 2 is 2.09 bits per heavy atom. The molecule has 0 bridgehead atoms. The molecule has 0 aliphatic rings. The van der Waals surface area contributed by atoms with Crippen LogP contribution in [0.3, 0.4) is 0 Å². The molecule has 0 fully saturated rings. The van der Waals surface area contributed by atoms with Gasteiger partial charge in [0.15, 0.2) is 11.3 Å². The van der Waals surface area contributed by atoms with Gasteiger partial charge in [-0.3, -0.25) is 5.10 Å². The van der Waals surface area contributed by atoms with Crippen molar-refractivity contribution in [1.29, 1.82) is 0 Å². The molecule has 1 aromatic carbocycles. The molecule has 3 heterocycles. The average molecular weight is 313 g/mol. The van der Waals surface area contributed by atoms with E-state index in [2.05, 4.69) is 15.1 Å². The third-order valence-electron chi connectivity index (χ3n) is 3.54. The second-order valence-electron chi connectivity index (χ2n) is 5.50. The van der Waals surface area contributed by atoms with Gasteiger partial charge in [-0.05, 0) is 26.0 Å². The Labute approximate surface area is 129 Å². The van der Waals surface area contributed by atoms with Gasteiger partial charge in [0.2, 0.25) is 11.8 Å². The molecule has 118 valence electrons. The number of para-hydroxylation sites is 2. The molecular weight excluding hydrogens is 298 g/mol. The summed E-state index contributed by atoms with van der Waals surface area (Å²) in [4.78, 5) is 19.1. The SMILES string of the molecule is CC(C)Oc1[nH]n2c(nc3ccccc32)c1-n1c(O)c[nH]c1=O. The fourth-order valence-corrected chi connectivity index (χ4v) is 2.65. The number of aromatic nitrogens is 5. The smallest absolute Gasteiger partial charge is 0.333 e. The third kappa shape index (κ3) is 1.91. The van der Waals surface area contributed by atoms with Crippen molar-refractivity contribution in [1.82, 2.24) is 24.1 Å². The fraction of sp³-hybridized carbons (Fsp3) is 0.200. The largest absolute Gasteiger partial charge is 0.493 e. The van der Waals surface area contributed by atoms with Gasteiger partial charge in [-0.1, -0.05) is 12.1 Å². The minimum Gasteiger partial charge on any atom is -0.493 e. The normalized spacial score (nSPS) is 11.8. The molecule has 0 spiro atoms. The van der Waals surface area contributed by atoms with Crippen LogP contribution < -0.4 is 10.4 Å². The Bertz CT molecular complexity index is 1070. The van der Waals surface area contributed by atoms with E-state index in [0.29, 0.717) is 17.2 Å². The number of hydrogen-bond donors (Lipinski definition) is 3. The highest BCUT2D eigenvalue weighted by Crippen LogP contribution is 2.31. The van der Waals surface area contributed by atoms with Crippen LogP contribution in [0.25, 0.3) is 22.4 Å². The maximum absolute atomic E-state index is 12.1. The molecule has 3 aromatic heterocycles. The number of fused-ring (bicyclic) bond motifs is 3. The third-order valence-corrected chi connectivity index (χ3v) is 3.54. The fourth-order valence-electron chi connectivity index (χ4n) is 2.65. The molecule has 8 nitrogen and oxygen atoms in total. The standard InChI is InChI=1S/C15H15N5O3/c1-8(2)23-14-12(19-11(21)7-16-15(19)22)13-17-9-5-3-4-6-10(9)20(13)18-14/h3-8,18,21H,1-2H3,(H,16,22). The van der Waals surface area contributed by atoms with Gasteiger partial charge in [0, 0.05) is 0 Å². The zero-order valence-electron chi connectivity index (χ0n) is 12.6. The summed E-state index contributed by atoms with van der Waals surface area (Å²) in [6, 6.07) is 7.58. The number of hydrogen-bond acceptors (Lipinski definition) is 4. The molecule has 3 N–H and O–H groups in total. The van der Waals surface area contributed by atoms with Crippen molar-refractivity contribution >= 4 is 16.7 Å². The topological polar surface area (TPSA) is 100 Å². The Kier molecular flexibility index (Phi) is 2.74. The Morgan fingerprint density at radius 3 is 2.78 bits per heavy atom. The quantitative estimate of drug-likeness (QED) is 0.537. The highest BCUT2D eigenvalue weighted by atomic mass is 16.5. The summed E-state index contributed by atoms with van der Waals surface area (Å²) in [6.07, 6.45) is 1.12. The molecule has 0 aliphatic heterocycles. The van der Waals surface area contributed by atoms with Gasteiger partial charge < -0.3 is 14.8 Å². The van der Waals surface area contributed by atoms with Crippen LogP contribution in [0.4, 0.5) is 0 Å². The summed E-state index contributed by atoms with van der Waals surface area (Å²) >= 11 is 0. The van der Waals surface area contributed by atoms with E-state index < -0.39 is 5.69 Å². The lowest BCUT2D eigenvalue weighted by atomic mass is 10.3. The lowest BCUT2D eigenvalue weighted by Crippen LogP contribution is -2.16. The van der Waals surface area contributed by atoms with Crippen molar-refractivity contribution in [3.05, 3.63) is 40.9 Å². The second-order valence-corrected chi connectivity index (χ2v) is 5.50. The van der Waals surface area contributed by atoms with Crippen LogP contribution in [-0.2, 0) is 0 Å². The van der Waals surface area contributed by atoms with Gasteiger partial charge in [-0.15, -0.1) is 0 Å². The molecule has 0 atom stereocenters. The van der Waals surface area contributed by atoms with E-state index in [0.717, 1.165) is 15.6 Å². The van der Waals surface area contributed by atoms with Gasteiger partial charge in [0.1, 0.15) is 0 Å². The average Bonchev–Trinajstić information content (AvgIpc) is 3.12. The monoisotopic (exact) mass is 313 g/mol. The zero-order chi connectivity index (χ0) is 16.1. The first-order valence-corrected chi connectivity index (χ1v) is 7.22. The number of ether oxygens (including phenoxy) is 1. The summed E-state index contributed by atoms with van der Waals surface area (Å²) in [5.41, 5.74) is 2.03. The Balaban J connectivity index is 2.12. The highest BCUT2D eigenvalue weighted by molar-refractivity contribution is 5.84. The van der Waals surface area contributed by atoms with E-state index in [1.165, 1.54) is 6.20 Å². The molecule has 4 rings (SSSR count).